The molecule has 8 heteroatoms. The van der Waals surface area contributed by atoms with Gasteiger partial charge in [-0.1, -0.05) is 56.3 Å². The molecule has 2 heterocycles. The second kappa shape index (κ2) is 9.90. The highest BCUT2D eigenvalue weighted by atomic mass is 16.2. The van der Waals surface area contributed by atoms with Gasteiger partial charge in [0, 0.05) is 24.7 Å². The lowest BCUT2D eigenvalue weighted by molar-refractivity contribution is -0.140. The second-order valence-electron chi connectivity index (χ2n) is 9.73. The van der Waals surface area contributed by atoms with Gasteiger partial charge in [0.2, 0.25) is 11.8 Å². The summed E-state index contributed by atoms with van der Waals surface area (Å²) >= 11 is 0. The number of imide groups is 1. The lowest BCUT2D eigenvalue weighted by atomic mass is 9.90. The number of benzene rings is 2. The predicted molar refractivity (Wildman–Crippen MR) is 133 cm³/mol. The summed E-state index contributed by atoms with van der Waals surface area (Å²) in [5, 5.41) is 5.67. The summed E-state index contributed by atoms with van der Waals surface area (Å²) in [7, 11) is 0. The highest BCUT2D eigenvalue weighted by Gasteiger charge is 2.49. The molecule has 8 nitrogen and oxygen atoms in total. The predicted octanol–water partition coefficient (Wildman–Crippen LogP) is 3.45. The van der Waals surface area contributed by atoms with Gasteiger partial charge in [-0.15, -0.1) is 0 Å². The Morgan fingerprint density at radius 1 is 1.03 bits per heavy atom. The molecule has 0 unspecified atom stereocenters. The van der Waals surface area contributed by atoms with Crippen LogP contribution in [0, 0.1) is 5.92 Å². The smallest absolute Gasteiger partial charge is 0.325 e. The van der Waals surface area contributed by atoms with Crippen molar-refractivity contribution in [1.82, 2.24) is 15.1 Å². The van der Waals surface area contributed by atoms with Gasteiger partial charge in [-0.3, -0.25) is 19.3 Å². The van der Waals surface area contributed by atoms with Crippen molar-refractivity contribution in [3.63, 3.8) is 0 Å². The van der Waals surface area contributed by atoms with Crippen LogP contribution >= 0.6 is 0 Å². The zero-order valence-corrected chi connectivity index (χ0v) is 20.4. The van der Waals surface area contributed by atoms with E-state index in [1.165, 1.54) is 0 Å². The number of nitrogens with one attached hydrogen (secondary N) is 2. The minimum atomic E-state index is -1.21. The molecule has 2 aliphatic rings. The summed E-state index contributed by atoms with van der Waals surface area (Å²) in [5.74, 6) is -0.627. The number of amides is 5. The lowest BCUT2D eigenvalue weighted by Crippen LogP contribution is -2.47. The first-order valence-corrected chi connectivity index (χ1v) is 12.1. The topological polar surface area (TPSA) is 98.8 Å². The monoisotopic (exact) mass is 476 g/mol. The highest BCUT2D eigenvalue weighted by molar-refractivity contribution is 6.09. The maximum atomic E-state index is 13.2. The molecular weight excluding hydrogens is 444 g/mol. The quantitative estimate of drug-likeness (QED) is 0.624. The van der Waals surface area contributed by atoms with E-state index < -0.39 is 17.5 Å². The summed E-state index contributed by atoms with van der Waals surface area (Å²) in [6, 6.07) is 16.3. The van der Waals surface area contributed by atoms with Gasteiger partial charge in [0.25, 0.3) is 5.91 Å². The van der Waals surface area contributed by atoms with Crippen molar-refractivity contribution < 1.29 is 19.2 Å². The Bertz CT molecular complexity index is 1110. The number of carbonyl (C=O) groups excluding carboxylic acids is 4. The third kappa shape index (κ3) is 5.06. The first-order chi connectivity index (χ1) is 16.7. The molecule has 0 aromatic heterocycles. The Labute approximate surface area is 205 Å². The van der Waals surface area contributed by atoms with Crippen molar-refractivity contribution in [3.05, 3.63) is 65.7 Å². The van der Waals surface area contributed by atoms with Crippen molar-refractivity contribution in [3.8, 4) is 0 Å². The van der Waals surface area contributed by atoms with E-state index in [2.05, 4.69) is 24.5 Å². The number of carbonyl (C=O) groups is 4. The molecule has 4 rings (SSSR count). The number of anilines is 1. The van der Waals surface area contributed by atoms with Crippen LogP contribution in [0.5, 0.6) is 0 Å². The van der Waals surface area contributed by atoms with Crippen LogP contribution in [0.1, 0.15) is 50.7 Å². The van der Waals surface area contributed by atoms with E-state index in [9.17, 15) is 19.2 Å². The zero-order valence-electron chi connectivity index (χ0n) is 20.4. The van der Waals surface area contributed by atoms with Crippen molar-refractivity contribution in [2.45, 2.75) is 45.1 Å². The molecule has 0 spiro atoms. The van der Waals surface area contributed by atoms with E-state index in [0.29, 0.717) is 37.4 Å². The van der Waals surface area contributed by atoms with Gasteiger partial charge in [0.05, 0.1) is 0 Å². The molecule has 0 saturated carbocycles. The molecule has 0 radical (unpaired) electrons. The van der Waals surface area contributed by atoms with Gasteiger partial charge in [-0.2, -0.15) is 0 Å². The molecule has 5 amide bonds. The SMILES string of the molecule is CC(C)c1ccc([C@]2(C)NC(=O)N(CC(=O)N3CCC(C(=O)Nc4ccccc4)CC3)C2=O)cc1. The number of rotatable bonds is 6. The van der Waals surface area contributed by atoms with Crippen LogP contribution in [0.3, 0.4) is 0 Å². The number of piperidine rings is 1. The Kier molecular flexibility index (Phi) is 6.91. The number of urea groups is 1. The molecule has 2 aromatic rings. The van der Waals surface area contributed by atoms with Crippen LogP contribution in [0.25, 0.3) is 0 Å². The number of hydrogen-bond donors (Lipinski definition) is 2. The minimum absolute atomic E-state index is 0.0587. The normalized spacial score (nSPS) is 20.8. The second-order valence-corrected chi connectivity index (χ2v) is 9.73. The molecule has 35 heavy (non-hydrogen) atoms. The Balaban J connectivity index is 1.34. The Hall–Kier alpha value is -3.68. The van der Waals surface area contributed by atoms with E-state index >= 15 is 0 Å². The van der Waals surface area contributed by atoms with Crippen LogP contribution in [0.4, 0.5) is 10.5 Å². The van der Waals surface area contributed by atoms with Crippen LogP contribution in [-0.2, 0) is 19.9 Å². The summed E-state index contributed by atoms with van der Waals surface area (Å²) in [6.45, 7) is 6.34. The lowest BCUT2D eigenvalue weighted by Gasteiger charge is -2.32. The maximum absolute atomic E-state index is 13.2. The molecule has 0 aliphatic carbocycles. The van der Waals surface area contributed by atoms with Crippen molar-refractivity contribution in [1.29, 1.82) is 0 Å². The third-order valence-electron chi connectivity index (χ3n) is 6.98. The molecule has 2 N–H and O–H groups in total. The Morgan fingerprint density at radius 3 is 2.26 bits per heavy atom. The van der Waals surface area contributed by atoms with Gasteiger partial charge >= 0.3 is 6.03 Å². The van der Waals surface area contributed by atoms with Crippen LogP contribution < -0.4 is 10.6 Å². The van der Waals surface area contributed by atoms with E-state index in [1.54, 1.807) is 11.8 Å². The summed E-state index contributed by atoms with van der Waals surface area (Å²) in [4.78, 5) is 54.0. The van der Waals surface area contributed by atoms with Gasteiger partial charge in [0.1, 0.15) is 12.1 Å². The molecule has 184 valence electrons. The highest BCUT2D eigenvalue weighted by Crippen LogP contribution is 2.30. The minimum Gasteiger partial charge on any atom is -0.341 e. The number of para-hydroxylation sites is 1. The molecule has 2 aromatic carbocycles. The van der Waals surface area contributed by atoms with Gasteiger partial charge < -0.3 is 15.5 Å². The molecule has 2 saturated heterocycles. The standard InChI is InChI=1S/C27H32N4O4/c1-18(2)19-9-11-21(12-10-19)27(3)25(34)31(26(35)29-27)17-23(32)30-15-13-20(14-16-30)24(33)28-22-7-5-4-6-8-22/h4-12,18,20H,13-17H2,1-3H3,(H,28,33)(H,29,35)/t27-/m0/s1. The van der Waals surface area contributed by atoms with E-state index in [1.807, 2.05) is 54.6 Å². The number of likely N-dealkylation sites (tertiary alicyclic amines) is 1. The van der Waals surface area contributed by atoms with E-state index in [0.717, 1.165) is 16.2 Å². The third-order valence-corrected chi connectivity index (χ3v) is 6.98. The summed E-state index contributed by atoms with van der Waals surface area (Å²) in [6.07, 6.45) is 1.06. The largest absolute Gasteiger partial charge is 0.341 e. The van der Waals surface area contributed by atoms with Crippen molar-refractivity contribution >= 4 is 29.4 Å². The molecule has 1 atom stereocenters. The average molecular weight is 477 g/mol. The van der Waals surface area contributed by atoms with Crippen LogP contribution in [-0.4, -0.2) is 53.2 Å². The van der Waals surface area contributed by atoms with Crippen molar-refractivity contribution in [2.24, 2.45) is 5.92 Å². The molecule has 2 aliphatic heterocycles. The fraction of sp³-hybridized carbons (Fsp3) is 0.407. The Morgan fingerprint density at radius 2 is 1.66 bits per heavy atom. The molecule has 2 fully saturated rings. The van der Waals surface area contributed by atoms with Crippen LogP contribution in [0.15, 0.2) is 54.6 Å². The number of nitrogens with zero attached hydrogens (tertiary/aromatic N) is 2. The van der Waals surface area contributed by atoms with Gasteiger partial charge in [0.15, 0.2) is 0 Å². The zero-order chi connectivity index (χ0) is 25.2. The molecule has 0 bridgehead atoms. The summed E-state index contributed by atoms with van der Waals surface area (Å²) < 4.78 is 0. The van der Waals surface area contributed by atoms with Crippen LogP contribution in [0.2, 0.25) is 0 Å². The molecular formula is C27H32N4O4. The fourth-order valence-corrected chi connectivity index (χ4v) is 4.63. The maximum Gasteiger partial charge on any atom is 0.325 e. The van der Waals surface area contributed by atoms with E-state index in [4.69, 9.17) is 0 Å². The van der Waals surface area contributed by atoms with E-state index in [-0.39, 0.29) is 24.3 Å². The van der Waals surface area contributed by atoms with Gasteiger partial charge in [-0.05, 0) is 48.9 Å². The first-order valence-electron chi connectivity index (χ1n) is 12.1. The fourth-order valence-electron chi connectivity index (χ4n) is 4.63. The van der Waals surface area contributed by atoms with Gasteiger partial charge in [-0.25, -0.2) is 4.79 Å². The first kappa shape index (κ1) is 24.4. The summed E-state index contributed by atoms with van der Waals surface area (Å²) in [5.41, 5.74) is 1.36. The number of hydrogen-bond acceptors (Lipinski definition) is 4. The average Bonchev–Trinajstić information content (AvgIpc) is 3.08. The van der Waals surface area contributed by atoms with Crippen molar-refractivity contribution in [2.75, 3.05) is 25.0 Å².